The minimum atomic E-state index is -0.255. The summed E-state index contributed by atoms with van der Waals surface area (Å²) >= 11 is 1.44. The zero-order valence-electron chi connectivity index (χ0n) is 16.2. The number of methoxy groups -OCH3 is 2. The molecule has 2 heterocycles. The van der Waals surface area contributed by atoms with Crippen molar-refractivity contribution in [2.24, 2.45) is 0 Å². The second-order valence-electron chi connectivity index (χ2n) is 6.41. The van der Waals surface area contributed by atoms with E-state index in [4.69, 9.17) is 9.47 Å². The Kier molecular flexibility index (Phi) is 7.05. The number of benzene rings is 1. The molecule has 1 amide bonds. The van der Waals surface area contributed by atoms with Gasteiger partial charge in [-0.05, 0) is 25.0 Å². The van der Waals surface area contributed by atoms with Crippen molar-refractivity contribution in [1.29, 1.82) is 0 Å². The molecule has 1 aromatic heterocycles. The number of esters is 1. The van der Waals surface area contributed by atoms with Gasteiger partial charge in [-0.25, -0.2) is 4.98 Å². The van der Waals surface area contributed by atoms with Crippen molar-refractivity contribution < 1.29 is 23.8 Å². The lowest BCUT2D eigenvalue weighted by Crippen LogP contribution is -2.36. The maximum atomic E-state index is 12.2. The predicted octanol–water partition coefficient (Wildman–Crippen LogP) is 2.81. The van der Waals surface area contributed by atoms with Crippen LogP contribution in [0.1, 0.15) is 25.7 Å². The largest absolute Gasteiger partial charge is 0.494 e. The van der Waals surface area contributed by atoms with Crippen molar-refractivity contribution in [2.45, 2.75) is 25.7 Å². The van der Waals surface area contributed by atoms with Gasteiger partial charge >= 0.3 is 5.97 Å². The van der Waals surface area contributed by atoms with Gasteiger partial charge < -0.3 is 24.4 Å². The fraction of sp³-hybridized carbons (Fsp3) is 0.526. The first kappa shape index (κ1) is 20.3. The molecule has 0 radical (unpaired) electrons. The molecule has 1 aliphatic heterocycles. The second-order valence-corrected chi connectivity index (χ2v) is 7.41. The number of unbranched alkanes of at least 4 members (excludes halogenated alkanes) is 1. The molecule has 0 bridgehead atoms. The number of fused-ring (bicyclic) bond motifs is 1. The van der Waals surface area contributed by atoms with Crippen molar-refractivity contribution in [3.8, 4) is 5.75 Å². The first-order valence-electron chi connectivity index (χ1n) is 9.29. The monoisotopic (exact) mass is 407 g/mol. The molecule has 2 aromatic rings. The fourth-order valence-electron chi connectivity index (χ4n) is 3.08. The minimum absolute atomic E-state index is 0.115. The second kappa shape index (κ2) is 9.70. The summed E-state index contributed by atoms with van der Waals surface area (Å²) in [5.74, 6) is 0.312. The molecule has 9 heteroatoms. The number of carbonyl (C=O) groups is 2. The maximum Gasteiger partial charge on any atom is 0.305 e. The Morgan fingerprint density at radius 3 is 2.68 bits per heavy atom. The van der Waals surface area contributed by atoms with Gasteiger partial charge in [0.1, 0.15) is 11.3 Å². The Hall–Kier alpha value is -2.39. The number of nitrogens with zero attached hydrogens (tertiary/aromatic N) is 2. The summed E-state index contributed by atoms with van der Waals surface area (Å²) in [4.78, 5) is 30.2. The molecule has 0 saturated carbocycles. The quantitative estimate of drug-likeness (QED) is 0.531. The van der Waals surface area contributed by atoms with Gasteiger partial charge in [-0.3, -0.25) is 9.59 Å². The lowest BCUT2D eigenvalue weighted by Gasteiger charge is -2.29. The summed E-state index contributed by atoms with van der Waals surface area (Å²) in [6.45, 7) is 3.03. The zero-order valence-corrected chi connectivity index (χ0v) is 17.0. The summed E-state index contributed by atoms with van der Waals surface area (Å²) in [6.07, 6.45) is 1.90. The highest BCUT2D eigenvalue weighted by atomic mass is 32.1. The van der Waals surface area contributed by atoms with Gasteiger partial charge in [0.25, 0.3) is 0 Å². The van der Waals surface area contributed by atoms with E-state index in [-0.39, 0.29) is 11.9 Å². The number of amides is 1. The number of ether oxygens (including phenoxy) is 3. The van der Waals surface area contributed by atoms with Crippen LogP contribution >= 0.6 is 11.3 Å². The highest BCUT2D eigenvalue weighted by Crippen LogP contribution is 2.39. The molecule has 0 atom stereocenters. The molecule has 152 valence electrons. The van der Waals surface area contributed by atoms with Gasteiger partial charge in [-0.2, -0.15) is 0 Å². The smallest absolute Gasteiger partial charge is 0.305 e. The van der Waals surface area contributed by atoms with Crippen molar-refractivity contribution in [3.05, 3.63) is 12.1 Å². The Morgan fingerprint density at radius 2 is 1.96 bits per heavy atom. The molecular formula is C19H25N3O5S. The molecule has 1 aliphatic rings. The van der Waals surface area contributed by atoms with Gasteiger partial charge in [0.15, 0.2) is 5.13 Å². The van der Waals surface area contributed by atoms with Gasteiger partial charge in [0.05, 0.1) is 37.8 Å². The third-order valence-electron chi connectivity index (χ3n) is 4.57. The van der Waals surface area contributed by atoms with E-state index in [9.17, 15) is 9.59 Å². The highest BCUT2D eigenvalue weighted by molar-refractivity contribution is 7.23. The van der Waals surface area contributed by atoms with Crippen molar-refractivity contribution in [2.75, 3.05) is 50.7 Å². The van der Waals surface area contributed by atoms with Crippen LogP contribution in [0.2, 0.25) is 0 Å². The molecule has 1 N–H and O–H groups in total. The number of anilines is 2. The Morgan fingerprint density at radius 1 is 1.21 bits per heavy atom. The van der Waals surface area contributed by atoms with E-state index in [1.165, 1.54) is 18.4 Å². The summed E-state index contributed by atoms with van der Waals surface area (Å²) in [5.41, 5.74) is 1.83. The number of hydrogen-bond acceptors (Lipinski definition) is 8. The first-order valence-corrected chi connectivity index (χ1v) is 10.1. The number of morpholine rings is 1. The topological polar surface area (TPSA) is 90.0 Å². The Balaban J connectivity index is 1.70. The van der Waals surface area contributed by atoms with E-state index >= 15 is 0 Å². The van der Waals surface area contributed by atoms with E-state index in [0.29, 0.717) is 49.8 Å². The predicted molar refractivity (Wildman–Crippen MR) is 108 cm³/mol. The summed E-state index contributed by atoms with van der Waals surface area (Å²) in [5, 5.41) is 3.42. The normalized spacial score (nSPS) is 14.1. The van der Waals surface area contributed by atoms with Gasteiger partial charge in [-0.1, -0.05) is 11.3 Å². The van der Waals surface area contributed by atoms with Crippen LogP contribution in [0, 0.1) is 0 Å². The van der Waals surface area contributed by atoms with Crippen LogP contribution in [0.5, 0.6) is 5.75 Å². The number of thiazole rings is 1. The van der Waals surface area contributed by atoms with Crippen LogP contribution in [-0.2, 0) is 19.1 Å². The van der Waals surface area contributed by atoms with Crippen molar-refractivity contribution in [3.63, 3.8) is 0 Å². The van der Waals surface area contributed by atoms with Gasteiger partial charge in [0.2, 0.25) is 5.91 Å². The third-order valence-corrected chi connectivity index (χ3v) is 5.56. The van der Waals surface area contributed by atoms with E-state index in [1.54, 1.807) is 7.11 Å². The average molecular weight is 407 g/mol. The van der Waals surface area contributed by atoms with Crippen LogP contribution in [0.3, 0.4) is 0 Å². The van der Waals surface area contributed by atoms with Gasteiger partial charge in [0, 0.05) is 25.9 Å². The van der Waals surface area contributed by atoms with Crippen LogP contribution in [-0.4, -0.2) is 57.4 Å². The molecule has 0 unspecified atom stereocenters. The molecule has 3 rings (SSSR count). The van der Waals surface area contributed by atoms with Crippen molar-refractivity contribution >= 4 is 44.2 Å². The first-order chi connectivity index (χ1) is 13.6. The highest BCUT2D eigenvalue weighted by Gasteiger charge is 2.19. The van der Waals surface area contributed by atoms with Crippen LogP contribution in [0.4, 0.5) is 10.8 Å². The molecular weight excluding hydrogens is 382 g/mol. The van der Waals surface area contributed by atoms with Crippen molar-refractivity contribution in [1.82, 2.24) is 4.98 Å². The van der Waals surface area contributed by atoms with E-state index in [1.807, 2.05) is 12.1 Å². The standard InChI is InChI=1S/C19H25N3O5S/c1-25-14-8-7-13(22-9-11-27-12-10-22)18-17(14)21-19(28-18)20-15(23)5-3-4-6-16(24)26-2/h7-8H,3-6,9-12H2,1-2H3,(H,20,21,23). The molecule has 28 heavy (non-hydrogen) atoms. The summed E-state index contributed by atoms with van der Waals surface area (Å²) in [7, 11) is 2.98. The molecule has 0 aliphatic carbocycles. The van der Waals surface area contributed by atoms with Crippen LogP contribution in [0.25, 0.3) is 10.2 Å². The van der Waals surface area contributed by atoms with Crippen LogP contribution < -0.4 is 15.0 Å². The number of carbonyl (C=O) groups excluding carboxylic acids is 2. The van der Waals surface area contributed by atoms with Gasteiger partial charge in [-0.15, -0.1) is 0 Å². The Labute approximate surface area is 167 Å². The number of nitrogens with one attached hydrogen (secondary N) is 1. The SMILES string of the molecule is COC(=O)CCCCC(=O)Nc1nc2c(OC)ccc(N3CCOCC3)c2s1. The van der Waals surface area contributed by atoms with E-state index in [2.05, 4.69) is 19.9 Å². The fourth-order valence-corrected chi connectivity index (χ4v) is 4.12. The maximum absolute atomic E-state index is 12.2. The molecule has 1 saturated heterocycles. The lowest BCUT2D eigenvalue weighted by molar-refractivity contribution is -0.140. The number of hydrogen-bond donors (Lipinski definition) is 1. The molecule has 1 aromatic carbocycles. The lowest BCUT2D eigenvalue weighted by atomic mass is 10.2. The average Bonchev–Trinajstić information content (AvgIpc) is 3.14. The summed E-state index contributed by atoms with van der Waals surface area (Å²) < 4.78 is 16.5. The van der Waals surface area contributed by atoms with E-state index in [0.717, 1.165) is 29.0 Å². The molecule has 1 fully saturated rings. The zero-order chi connectivity index (χ0) is 19.9. The minimum Gasteiger partial charge on any atom is -0.494 e. The molecule has 8 nitrogen and oxygen atoms in total. The summed E-state index contributed by atoms with van der Waals surface area (Å²) in [6, 6.07) is 3.94. The number of rotatable bonds is 8. The molecule has 0 spiro atoms. The van der Waals surface area contributed by atoms with Crippen LogP contribution in [0.15, 0.2) is 12.1 Å². The Bertz CT molecular complexity index is 832. The number of aromatic nitrogens is 1. The third kappa shape index (κ3) is 4.90. The van der Waals surface area contributed by atoms with E-state index < -0.39 is 0 Å².